The number of carbonyl (C=O) groups excluding carboxylic acids is 1. The smallest absolute Gasteiger partial charge is 0.293 e. The van der Waals surface area contributed by atoms with Gasteiger partial charge in [0.15, 0.2) is 5.78 Å². The number of benzene rings is 2. The molecular formula is C20H23N3O7S. The highest BCUT2D eigenvalue weighted by Crippen LogP contribution is 2.33. The summed E-state index contributed by atoms with van der Waals surface area (Å²) < 4.78 is 38.1. The Kier molecular flexibility index (Phi) is 6.46. The normalized spacial score (nSPS) is 14.9. The number of anilines is 1. The lowest BCUT2D eigenvalue weighted by Gasteiger charge is -2.35. The Morgan fingerprint density at radius 2 is 1.71 bits per heavy atom. The van der Waals surface area contributed by atoms with E-state index in [9.17, 15) is 23.3 Å². The van der Waals surface area contributed by atoms with Gasteiger partial charge in [0.1, 0.15) is 22.1 Å². The van der Waals surface area contributed by atoms with Crippen LogP contribution in [0.5, 0.6) is 11.5 Å². The molecule has 1 aliphatic rings. The van der Waals surface area contributed by atoms with Crippen LogP contribution in [0.25, 0.3) is 0 Å². The lowest BCUT2D eigenvalue weighted by molar-refractivity contribution is -0.384. The molecule has 0 N–H and O–H groups in total. The molecule has 0 spiro atoms. The van der Waals surface area contributed by atoms with E-state index in [0.29, 0.717) is 11.4 Å². The molecule has 2 aromatic carbocycles. The molecule has 0 unspecified atom stereocenters. The van der Waals surface area contributed by atoms with E-state index in [1.807, 2.05) is 0 Å². The standard InChI is InChI=1S/C20H23N3O7S/c1-14(24)15-4-6-17(18(12-15)23(25)26)21-8-10-22(11-9-21)31(27,28)20-13-16(29-2)5-7-19(20)30-3/h4-7,12-13H,8-11H2,1-3H3. The first-order chi connectivity index (χ1) is 14.7. The maximum absolute atomic E-state index is 13.2. The molecule has 0 saturated carbocycles. The first-order valence-electron chi connectivity index (χ1n) is 9.45. The van der Waals surface area contributed by atoms with Crippen molar-refractivity contribution >= 4 is 27.2 Å². The maximum atomic E-state index is 13.2. The predicted octanol–water partition coefficient (Wildman–Crippen LogP) is 2.33. The molecule has 0 atom stereocenters. The average molecular weight is 449 g/mol. The van der Waals surface area contributed by atoms with Crippen molar-refractivity contribution in [2.75, 3.05) is 45.3 Å². The molecule has 11 heteroatoms. The third-order valence-corrected chi connectivity index (χ3v) is 7.07. The van der Waals surface area contributed by atoms with Crippen molar-refractivity contribution in [2.45, 2.75) is 11.8 Å². The van der Waals surface area contributed by atoms with Crippen molar-refractivity contribution in [3.8, 4) is 11.5 Å². The summed E-state index contributed by atoms with van der Waals surface area (Å²) in [4.78, 5) is 24.3. The molecule has 0 amide bonds. The van der Waals surface area contributed by atoms with Crippen LogP contribution in [-0.4, -0.2) is 63.8 Å². The number of hydrogen-bond acceptors (Lipinski definition) is 8. The fraction of sp³-hybridized carbons (Fsp3) is 0.350. The average Bonchev–Trinajstić information content (AvgIpc) is 2.78. The topological polar surface area (TPSA) is 119 Å². The summed E-state index contributed by atoms with van der Waals surface area (Å²) in [5.41, 5.74) is 0.422. The molecule has 10 nitrogen and oxygen atoms in total. The monoisotopic (exact) mass is 449 g/mol. The second-order valence-corrected chi connectivity index (χ2v) is 8.83. The number of piperazine rings is 1. The Morgan fingerprint density at radius 1 is 1.03 bits per heavy atom. The van der Waals surface area contributed by atoms with E-state index in [1.54, 1.807) is 11.0 Å². The number of methoxy groups -OCH3 is 2. The summed E-state index contributed by atoms with van der Waals surface area (Å²) >= 11 is 0. The van der Waals surface area contributed by atoms with E-state index in [4.69, 9.17) is 9.47 Å². The number of nitro benzene ring substituents is 1. The molecule has 1 aliphatic heterocycles. The molecule has 3 rings (SSSR count). The molecular weight excluding hydrogens is 426 g/mol. The molecule has 2 aromatic rings. The molecule has 1 saturated heterocycles. The molecule has 0 radical (unpaired) electrons. The second-order valence-electron chi connectivity index (χ2n) is 6.92. The van der Waals surface area contributed by atoms with Crippen molar-refractivity contribution in [1.82, 2.24) is 4.31 Å². The number of hydrogen-bond donors (Lipinski definition) is 0. The van der Waals surface area contributed by atoms with Gasteiger partial charge in [0.2, 0.25) is 10.0 Å². The van der Waals surface area contributed by atoms with Crippen molar-refractivity contribution in [1.29, 1.82) is 0 Å². The van der Waals surface area contributed by atoms with Crippen LogP contribution in [0.15, 0.2) is 41.3 Å². The quantitative estimate of drug-likeness (QED) is 0.359. The molecule has 1 heterocycles. The van der Waals surface area contributed by atoms with Crippen LogP contribution in [-0.2, 0) is 10.0 Å². The summed E-state index contributed by atoms with van der Waals surface area (Å²) in [7, 11) is -1.03. The Hall–Kier alpha value is -3.18. The van der Waals surface area contributed by atoms with Gasteiger partial charge >= 0.3 is 0 Å². The van der Waals surface area contributed by atoms with Crippen LogP contribution in [0.3, 0.4) is 0 Å². The highest BCUT2D eigenvalue weighted by atomic mass is 32.2. The maximum Gasteiger partial charge on any atom is 0.293 e. The van der Waals surface area contributed by atoms with Gasteiger partial charge in [-0.25, -0.2) is 8.42 Å². The van der Waals surface area contributed by atoms with Crippen LogP contribution < -0.4 is 14.4 Å². The van der Waals surface area contributed by atoms with Gasteiger partial charge in [-0.3, -0.25) is 14.9 Å². The minimum atomic E-state index is -3.86. The van der Waals surface area contributed by atoms with E-state index >= 15 is 0 Å². The fourth-order valence-corrected chi connectivity index (χ4v) is 5.04. The number of sulfonamides is 1. The van der Waals surface area contributed by atoms with Crippen molar-refractivity contribution in [2.24, 2.45) is 0 Å². The Labute approximate surface area is 180 Å². The van der Waals surface area contributed by atoms with Gasteiger partial charge in [-0.15, -0.1) is 0 Å². The van der Waals surface area contributed by atoms with Gasteiger partial charge in [-0.1, -0.05) is 0 Å². The zero-order valence-corrected chi connectivity index (χ0v) is 18.2. The van der Waals surface area contributed by atoms with Gasteiger partial charge < -0.3 is 14.4 Å². The lowest BCUT2D eigenvalue weighted by Crippen LogP contribution is -2.48. The Morgan fingerprint density at radius 3 is 2.26 bits per heavy atom. The number of Topliss-reactive ketones (excluding diaryl/α,β-unsaturated/α-hetero) is 1. The van der Waals surface area contributed by atoms with Gasteiger partial charge in [-0.2, -0.15) is 4.31 Å². The van der Waals surface area contributed by atoms with Crippen LogP contribution >= 0.6 is 0 Å². The molecule has 0 bridgehead atoms. The van der Waals surface area contributed by atoms with Gasteiger partial charge in [-0.05, 0) is 31.2 Å². The third-order valence-electron chi connectivity index (χ3n) is 5.15. The largest absolute Gasteiger partial charge is 0.497 e. The highest BCUT2D eigenvalue weighted by molar-refractivity contribution is 7.89. The minimum Gasteiger partial charge on any atom is -0.497 e. The summed E-state index contributed by atoms with van der Waals surface area (Å²) in [5, 5.41) is 11.5. The molecule has 0 aromatic heterocycles. The first kappa shape index (κ1) is 22.5. The predicted molar refractivity (Wildman–Crippen MR) is 114 cm³/mol. The lowest BCUT2D eigenvalue weighted by atomic mass is 10.1. The summed E-state index contributed by atoms with van der Waals surface area (Å²) in [6.45, 7) is 2.12. The fourth-order valence-electron chi connectivity index (χ4n) is 3.45. The number of ether oxygens (including phenoxy) is 2. The third kappa shape index (κ3) is 4.47. The number of ketones is 1. The number of nitro groups is 1. The van der Waals surface area contributed by atoms with Crippen molar-refractivity contribution in [3.05, 3.63) is 52.1 Å². The molecule has 166 valence electrons. The summed E-state index contributed by atoms with van der Waals surface area (Å²) in [5.74, 6) is 0.329. The highest BCUT2D eigenvalue weighted by Gasteiger charge is 2.33. The van der Waals surface area contributed by atoms with Crippen LogP contribution in [0.1, 0.15) is 17.3 Å². The van der Waals surface area contributed by atoms with E-state index in [2.05, 4.69) is 0 Å². The van der Waals surface area contributed by atoms with Gasteiger partial charge in [0.05, 0.1) is 19.1 Å². The van der Waals surface area contributed by atoms with Gasteiger partial charge in [0, 0.05) is 43.9 Å². The zero-order chi connectivity index (χ0) is 22.8. The second kappa shape index (κ2) is 8.90. The van der Waals surface area contributed by atoms with Crippen LogP contribution in [0, 0.1) is 10.1 Å². The van der Waals surface area contributed by atoms with Gasteiger partial charge in [0.25, 0.3) is 5.69 Å². The van der Waals surface area contributed by atoms with E-state index in [-0.39, 0.29) is 53.9 Å². The molecule has 0 aliphatic carbocycles. The van der Waals surface area contributed by atoms with E-state index in [1.165, 1.54) is 55.8 Å². The first-order valence-corrected chi connectivity index (χ1v) is 10.9. The molecule has 1 fully saturated rings. The number of nitrogens with zero attached hydrogens (tertiary/aromatic N) is 3. The summed E-state index contributed by atoms with van der Waals surface area (Å²) in [6, 6.07) is 8.87. The minimum absolute atomic E-state index is 0.000378. The van der Waals surface area contributed by atoms with E-state index < -0.39 is 14.9 Å². The van der Waals surface area contributed by atoms with Crippen LogP contribution in [0.2, 0.25) is 0 Å². The Bertz CT molecular complexity index is 1110. The number of rotatable bonds is 7. The number of carbonyl (C=O) groups is 1. The zero-order valence-electron chi connectivity index (χ0n) is 17.4. The summed E-state index contributed by atoms with van der Waals surface area (Å²) in [6.07, 6.45) is 0. The molecule has 31 heavy (non-hydrogen) atoms. The Balaban J connectivity index is 1.84. The van der Waals surface area contributed by atoms with Crippen LogP contribution in [0.4, 0.5) is 11.4 Å². The van der Waals surface area contributed by atoms with E-state index in [0.717, 1.165) is 0 Å². The van der Waals surface area contributed by atoms with Crippen molar-refractivity contribution in [3.63, 3.8) is 0 Å². The SMILES string of the molecule is COc1ccc(OC)c(S(=O)(=O)N2CCN(c3ccc(C(C)=O)cc3[N+](=O)[O-])CC2)c1. The van der Waals surface area contributed by atoms with Crippen molar-refractivity contribution < 1.29 is 27.6 Å².